The van der Waals surface area contributed by atoms with Gasteiger partial charge in [0, 0.05) is 64.8 Å². The first-order valence-electron chi connectivity index (χ1n) is 29.2. The molecule has 512 valence electrons. The Morgan fingerprint density at radius 3 is 1.08 bits per heavy atom. The van der Waals surface area contributed by atoms with Crippen LogP contribution in [-0.2, 0) is 76.3 Å². The molecule has 37 nitrogen and oxygen atoms in total. The van der Waals surface area contributed by atoms with E-state index in [4.69, 9.17) is 42.7 Å². The molecule has 0 aromatic rings. The number of carbonyl (C=O) groups is 7. The molecule has 17 N–H and O–H groups in total. The number of hydrogen-bond donors (Lipinski definition) is 17. The molecule has 89 heavy (non-hydrogen) atoms. The molecule has 5 rings (SSSR count). The maximum atomic E-state index is 14.6. The largest absolute Gasteiger partial charge is 0.394 e. The zero-order valence-electron chi connectivity index (χ0n) is 48.7. The van der Waals surface area contributed by atoms with Crippen LogP contribution < -0.4 is 5.32 Å². The van der Waals surface area contributed by atoms with Gasteiger partial charge in [-0.3, -0.25) is 28.8 Å². The van der Waals surface area contributed by atoms with E-state index in [2.05, 4.69) is 5.32 Å². The van der Waals surface area contributed by atoms with Crippen LogP contribution in [0.4, 0.5) is 0 Å². The molecular formula is C52H87N5O32. The molecule has 0 aliphatic carbocycles. The summed E-state index contributed by atoms with van der Waals surface area (Å²) in [5, 5.41) is 167. The second-order valence-corrected chi connectivity index (χ2v) is 21.7. The average molecular weight is 1290 g/mol. The predicted molar refractivity (Wildman–Crippen MR) is 286 cm³/mol. The van der Waals surface area contributed by atoms with Crippen LogP contribution in [0.3, 0.4) is 0 Å². The Bertz CT molecular complexity index is 2020. The highest BCUT2D eigenvalue weighted by molar-refractivity contribution is 6.01. The van der Waals surface area contributed by atoms with E-state index >= 15 is 0 Å². The third kappa shape index (κ3) is 21.5. The van der Waals surface area contributed by atoms with E-state index in [1.807, 2.05) is 0 Å². The molecule has 0 spiro atoms. The number of nitrogens with one attached hydrogen (secondary N) is 1. The van der Waals surface area contributed by atoms with E-state index in [-0.39, 0.29) is 51.5 Å². The monoisotopic (exact) mass is 1290 g/mol. The van der Waals surface area contributed by atoms with Gasteiger partial charge in [0.25, 0.3) is 11.8 Å². The van der Waals surface area contributed by atoms with Gasteiger partial charge in [-0.2, -0.15) is 0 Å². The smallest absolute Gasteiger partial charge is 0.333 e. The minimum Gasteiger partial charge on any atom is -0.394 e. The van der Waals surface area contributed by atoms with Gasteiger partial charge in [0.05, 0.1) is 52.9 Å². The fourth-order valence-corrected chi connectivity index (χ4v) is 9.83. The number of carbonyl (C=O) groups excluding carboxylic acids is 7. The molecule has 0 aromatic carbocycles. The van der Waals surface area contributed by atoms with Gasteiger partial charge in [0.2, 0.25) is 23.6 Å². The van der Waals surface area contributed by atoms with Gasteiger partial charge in [0.15, 0.2) is 25.2 Å². The Balaban J connectivity index is 1.32. The summed E-state index contributed by atoms with van der Waals surface area (Å²) in [6, 6.07) is 0. The molecule has 5 saturated heterocycles. The molecule has 5 fully saturated rings. The van der Waals surface area contributed by atoms with Crippen LogP contribution >= 0.6 is 0 Å². The van der Waals surface area contributed by atoms with Crippen molar-refractivity contribution in [1.29, 1.82) is 0 Å². The van der Waals surface area contributed by atoms with Gasteiger partial charge in [-0.05, 0) is 25.7 Å². The van der Waals surface area contributed by atoms with Crippen LogP contribution in [0.5, 0.6) is 0 Å². The minimum absolute atomic E-state index is 0.00243. The zero-order chi connectivity index (χ0) is 65.6. The fraction of sp³-hybridized carbons (Fsp3) is 0.865. The minimum atomic E-state index is -1.87. The Labute approximate surface area is 509 Å². The van der Waals surface area contributed by atoms with E-state index in [1.165, 1.54) is 0 Å². The number of ether oxygens (including phenoxy) is 8. The summed E-state index contributed by atoms with van der Waals surface area (Å²) < 4.78 is 44.1. The van der Waals surface area contributed by atoms with Gasteiger partial charge in [-0.1, -0.05) is 6.42 Å². The van der Waals surface area contributed by atoms with Crippen molar-refractivity contribution >= 4 is 41.4 Å². The lowest BCUT2D eigenvalue weighted by Gasteiger charge is -2.40. The average Bonchev–Trinajstić information content (AvgIpc) is 2.93. The number of aliphatic hydroxyl groups is 16. The van der Waals surface area contributed by atoms with E-state index in [0.29, 0.717) is 24.3 Å². The molecule has 5 aliphatic heterocycles. The van der Waals surface area contributed by atoms with Gasteiger partial charge < -0.3 is 144 Å². The second-order valence-electron chi connectivity index (χ2n) is 21.7. The number of nitrogens with zero attached hydrogens (tertiary/aromatic N) is 4. The SMILES string of the molecule is O=C(CCCCC(=O)N(CC(=O)N(CCO[C@H]1O[C@H](CO)[C@@H](O)[C@H](O)[C@@H]1O)CCO[C@H]1O[C@H](CO)[C@@H](O)[C@H](O)[C@@H]1O)CC(=O)N(CCO[C@H]1O[C@H](CO)[C@@H](O)[C@H](O)[C@@H]1O)CCO[C@@H]1O[C@@H](CO)[C@H](O)[C@@H](O)[C@H]1O)NCCCCCC(=O)ON1C(=O)CCC1=O. The molecule has 6 amide bonds. The number of amides is 6. The Morgan fingerprint density at radius 1 is 0.416 bits per heavy atom. The topological polar surface area (TPSA) is 551 Å². The first-order valence-corrected chi connectivity index (χ1v) is 29.2. The summed E-state index contributed by atoms with van der Waals surface area (Å²) in [6.45, 7) is -8.93. The molecule has 0 saturated carbocycles. The Hall–Kier alpha value is -4.47. The van der Waals surface area contributed by atoms with Crippen molar-refractivity contribution in [3.8, 4) is 0 Å². The number of aliphatic hydroxyl groups excluding tert-OH is 16. The Kier molecular flexibility index (Phi) is 31.5. The van der Waals surface area contributed by atoms with E-state index in [9.17, 15) is 115 Å². The van der Waals surface area contributed by atoms with Gasteiger partial charge in [-0.15, -0.1) is 5.06 Å². The number of imide groups is 1. The summed E-state index contributed by atoms with van der Waals surface area (Å²) >= 11 is 0. The third-order valence-corrected chi connectivity index (χ3v) is 15.3. The van der Waals surface area contributed by atoms with Gasteiger partial charge >= 0.3 is 5.97 Å². The van der Waals surface area contributed by atoms with Crippen LogP contribution in [0.2, 0.25) is 0 Å². The van der Waals surface area contributed by atoms with E-state index in [0.717, 1.165) is 14.7 Å². The molecule has 37 heteroatoms. The maximum absolute atomic E-state index is 14.6. The standard InChI is InChI=1S/C52H87N5O32/c58-22-26-37(69)41(73)45(77)49(85-26)81-16-12-54(13-17-82-50-46(78)42(74)38(70)27(23-59)86-50)34(66)20-56(31(63)7-4-3-6-30(62)53-11-5-1-2-8-36(68)89-57-32(64)9-10-33(57)65)21-35(67)55(14-18-83-51-47(79)43(75)39(71)28(24-60)87-51)15-19-84-52-48(80)44(76)40(72)29(25-61)88-52/h26-29,37-52,58-61,69-80H,1-25H2,(H,53,62)/t26-,27-,28-,29+,37-,38-,39-,40+,41+,42+,43+,44-,45+,46+,47+,48-,49+,50+,51+,52-/m1/s1. The van der Waals surface area contributed by atoms with Crippen LogP contribution in [-0.4, -0.2) is 364 Å². The normalized spacial score (nSPS) is 33.2. The zero-order valence-corrected chi connectivity index (χ0v) is 48.7. The summed E-state index contributed by atoms with van der Waals surface area (Å²) in [5.41, 5.74) is 0. The molecular weight excluding hydrogens is 1210 g/mol. The maximum Gasteiger partial charge on any atom is 0.333 e. The van der Waals surface area contributed by atoms with Crippen molar-refractivity contribution in [2.75, 3.05) is 98.7 Å². The molecule has 0 bridgehead atoms. The van der Waals surface area contributed by atoms with Crippen LogP contribution in [0.1, 0.15) is 64.2 Å². The highest BCUT2D eigenvalue weighted by Gasteiger charge is 2.48. The lowest BCUT2D eigenvalue weighted by atomic mass is 9.99. The van der Waals surface area contributed by atoms with Gasteiger partial charge in [0.1, 0.15) is 111 Å². The summed E-state index contributed by atoms with van der Waals surface area (Å²) in [6.07, 6.45) is -33.6. The molecule has 5 aliphatic rings. The van der Waals surface area contributed by atoms with E-state index in [1.54, 1.807) is 0 Å². The quantitative estimate of drug-likeness (QED) is 0.0205. The van der Waals surface area contributed by atoms with Crippen molar-refractivity contribution in [3.05, 3.63) is 0 Å². The second kappa shape index (κ2) is 37.3. The summed E-state index contributed by atoms with van der Waals surface area (Å²) in [4.78, 5) is 99.5. The highest BCUT2D eigenvalue weighted by atomic mass is 16.7. The molecule has 0 radical (unpaired) electrons. The molecule has 5 heterocycles. The van der Waals surface area contributed by atoms with Crippen molar-refractivity contribution in [2.45, 2.75) is 187 Å². The summed E-state index contributed by atoms with van der Waals surface area (Å²) in [5.74, 6) is -5.14. The molecule has 0 unspecified atom stereocenters. The predicted octanol–water partition coefficient (Wildman–Crippen LogP) is -11.4. The van der Waals surface area contributed by atoms with Gasteiger partial charge in [-0.25, -0.2) is 4.79 Å². The van der Waals surface area contributed by atoms with Crippen LogP contribution in [0, 0.1) is 0 Å². The van der Waals surface area contributed by atoms with Crippen molar-refractivity contribution in [1.82, 2.24) is 25.1 Å². The molecule has 20 atom stereocenters. The van der Waals surface area contributed by atoms with E-state index < -0.39 is 256 Å². The lowest BCUT2D eigenvalue weighted by molar-refractivity contribution is -0.303. The number of hydrogen-bond acceptors (Lipinski definition) is 32. The first kappa shape index (κ1) is 75.3. The van der Waals surface area contributed by atoms with Crippen molar-refractivity contribution in [3.63, 3.8) is 0 Å². The van der Waals surface area contributed by atoms with Crippen LogP contribution in [0.25, 0.3) is 0 Å². The van der Waals surface area contributed by atoms with Crippen LogP contribution in [0.15, 0.2) is 0 Å². The lowest BCUT2D eigenvalue weighted by Crippen LogP contribution is -2.59. The summed E-state index contributed by atoms with van der Waals surface area (Å²) in [7, 11) is 0. The number of hydroxylamine groups is 2. The van der Waals surface area contributed by atoms with Crippen molar-refractivity contribution in [2.24, 2.45) is 0 Å². The number of unbranched alkanes of at least 4 members (excludes halogenated alkanes) is 3. The third-order valence-electron chi connectivity index (χ3n) is 15.3. The Morgan fingerprint density at radius 2 is 0.742 bits per heavy atom. The molecule has 0 aromatic heterocycles. The van der Waals surface area contributed by atoms with Crippen molar-refractivity contribution < 1.29 is 158 Å². The highest BCUT2D eigenvalue weighted by Crippen LogP contribution is 2.26. The number of rotatable bonds is 36. The fourth-order valence-electron chi connectivity index (χ4n) is 9.83. The first-order chi connectivity index (χ1) is 42.4.